The highest BCUT2D eigenvalue weighted by molar-refractivity contribution is 5.92. The maximum absolute atomic E-state index is 11.7. The normalized spacial score (nSPS) is 11.9. The molecule has 2 rings (SSSR count). The molecule has 19 heavy (non-hydrogen) atoms. The third kappa shape index (κ3) is 3.42. The third-order valence-corrected chi connectivity index (χ3v) is 3.06. The number of anilines is 1. The molecule has 3 N–H and O–H groups in total. The van der Waals surface area contributed by atoms with Crippen LogP contribution in [0.1, 0.15) is 6.92 Å². The fourth-order valence-electron chi connectivity index (χ4n) is 1.75. The Labute approximate surface area is 113 Å². The smallest absolute Gasteiger partial charge is 0.228 e. The number of nitrogens with one attached hydrogen (secondary N) is 1. The molecular formula is C16H18N2O. The zero-order valence-corrected chi connectivity index (χ0v) is 11.0. The van der Waals surface area contributed by atoms with Crippen molar-refractivity contribution in [3.8, 4) is 11.1 Å². The fraction of sp³-hybridized carbons (Fsp3) is 0.188. The molecule has 0 saturated carbocycles. The maximum Gasteiger partial charge on any atom is 0.228 e. The molecule has 0 saturated heterocycles. The lowest BCUT2D eigenvalue weighted by molar-refractivity contribution is -0.119. The van der Waals surface area contributed by atoms with Crippen molar-refractivity contribution < 1.29 is 4.79 Å². The number of nitrogens with two attached hydrogens (primary N) is 1. The lowest BCUT2D eigenvalue weighted by atomic mass is 10.1. The van der Waals surface area contributed by atoms with E-state index in [0.717, 1.165) is 16.8 Å². The highest BCUT2D eigenvalue weighted by atomic mass is 16.1. The Morgan fingerprint density at radius 3 is 2.21 bits per heavy atom. The molecule has 0 aliphatic heterocycles. The third-order valence-electron chi connectivity index (χ3n) is 3.06. The molecule has 2 aromatic carbocycles. The second-order valence-corrected chi connectivity index (χ2v) is 4.57. The number of carbonyl (C=O) groups excluding carboxylic acids is 1. The van der Waals surface area contributed by atoms with Gasteiger partial charge >= 0.3 is 0 Å². The zero-order chi connectivity index (χ0) is 13.7. The second kappa shape index (κ2) is 6.16. The fourth-order valence-corrected chi connectivity index (χ4v) is 1.75. The van der Waals surface area contributed by atoms with Crippen LogP contribution in [0.5, 0.6) is 0 Å². The van der Waals surface area contributed by atoms with Crippen LogP contribution in [0.25, 0.3) is 11.1 Å². The Bertz CT molecular complexity index is 534. The van der Waals surface area contributed by atoms with Gasteiger partial charge in [-0.05, 0) is 23.3 Å². The molecule has 98 valence electrons. The van der Waals surface area contributed by atoms with Crippen molar-refractivity contribution in [1.82, 2.24) is 0 Å². The van der Waals surface area contributed by atoms with E-state index < -0.39 is 0 Å². The summed E-state index contributed by atoms with van der Waals surface area (Å²) >= 11 is 0. The van der Waals surface area contributed by atoms with Crippen molar-refractivity contribution in [1.29, 1.82) is 0 Å². The first-order valence-corrected chi connectivity index (χ1v) is 6.37. The topological polar surface area (TPSA) is 55.1 Å². The molecular weight excluding hydrogens is 236 g/mol. The monoisotopic (exact) mass is 254 g/mol. The predicted octanol–water partition coefficient (Wildman–Crippen LogP) is 2.89. The van der Waals surface area contributed by atoms with E-state index in [-0.39, 0.29) is 11.8 Å². The molecule has 2 aromatic rings. The van der Waals surface area contributed by atoms with Crippen LogP contribution in [0.15, 0.2) is 54.6 Å². The van der Waals surface area contributed by atoms with Gasteiger partial charge in [-0.25, -0.2) is 0 Å². The van der Waals surface area contributed by atoms with Gasteiger partial charge in [0.1, 0.15) is 0 Å². The van der Waals surface area contributed by atoms with Crippen LogP contribution >= 0.6 is 0 Å². The van der Waals surface area contributed by atoms with E-state index in [4.69, 9.17) is 5.73 Å². The number of amides is 1. The molecule has 0 bridgehead atoms. The Morgan fingerprint density at radius 1 is 1.05 bits per heavy atom. The summed E-state index contributed by atoms with van der Waals surface area (Å²) in [7, 11) is 0. The molecule has 0 heterocycles. The van der Waals surface area contributed by atoms with Gasteiger partial charge in [0.25, 0.3) is 0 Å². The highest BCUT2D eigenvalue weighted by Gasteiger charge is 2.10. The summed E-state index contributed by atoms with van der Waals surface area (Å²) in [4.78, 5) is 11.7. The molecule has 3 heteroatoms. The summed E-state index contributed by atoms with van der Waals surface area (Å²) in [6.45, 7) is 2.17. The van der Waals surface area contributed by atoms with Gasteiger partial charge in [-0.2, -0.15) is 0 Å². The molecule has 0 fully saturated rings. The van der Waals surface area contributed by atoms with Crippen LogP contribution in [-0.4, -0.2) is 12.5 Å². The number of rotatable bonds is 4. The van der Waals surface area contributed by atoms with Gasteiger partial charge in [-0.1, -0.05) is 49.4 Å². The van der Waals surface area contributed by atoms with Gasteiger partial charge in [0.15, 0.2) is 0 Å². The lowest BCUT2D eigenvalue weighted by Gasteiger charge is -2.10. The Balaban J connectivity index is 2.09. The SMILES string of the molecule is CC(CN)C(=O)Nc1ccc(-c2ccccc2)cc1. The van der Waals surface area contributed by atoms with Crippen molar-refractivity contribution in [3.05, 3.63) is 54.6 Å². The molecule has 0 aliphatic carbocycles. The Kier molecular flexibility index (Phi) is 4.31. The standard InChI is InChI=1S/C16H18N2O/c1-12(11-17)16(19)18-15-9-7-14(8-10-15)13-5-3-2-4-6-13/h2-10,12H,11,17H2,1H3,(H,18,19). The number of benzene rings is 2. The van der Waals surface area contributed by atoms with Crippen LogP contribution in [0, 0.1) is 5.92 Å². The van der Waals surface area contributed by atoms with Gasteiger partial charge in [0.05, 0.1) is 0 Å². The summed E-state index contributed by atoms with van der Waals surface area (Å²) in [5.41, 5.74) is 8.55. The summed E-state index contributed by atoms with van der Waals surface area (Å²) in [5.74, 6) is -0.219. The van der Waals surface area contributed by atoms with Crippen LogP contribution in [0.2, 0.25) is 0 Å². The summed E-state index contributed by atoms with van der Waals surface area (Å²) in [6.07, 6.45) is 0. The minimum absolute atomic E-state index is 0.0463. The summed E-state index contributed by atoms with van der Waals surface area (Å²) < 4.78 is 0. The van der Waals surface area contributed by atoms with Crippen molar-refractivity contribution in [2.75, 3.05) is 11.9 Å². The van der Waals surface area contributed by atoms with Gasteiger partial charge in [0.2, 0.25) is 5.91 Å². The average Bonchev–Trinajstić information content (AvgIpc) is 2.48. The summed E-state index contributed by atoms with van der Waals surface area (Å²) in [6, 6.07) is 17.9. The first-order valence-electron chi connectivity index (χ1n) is 6.37. The largest absolute Gasteiger partial charge is 0.330 e. The quantitative estimate of drug-likeness (QED) is 0.881. The van der Waals surface area contributed by atoms with Gasteiger partial charge in [-0.3, -0.25) is 4.79 Å². The van der Waals surface area contributed by atoms with Crippen LogP contribution in [0.3, 0.4) is 0 Å². The van der Waals surface area contributed by atoms with Crippen molar-refractivity contribution >= 4 is 11.6 Å². The Morgan fingerprint density at radius 2 is 1.63 bits per heavy atom. The lowest BCUT2D eigenvalue weighted by Crippen LogP contribution is -2.26. The van der Waals surface area contributed by atoms with E-state index in [1.165, 1.54) is 0 Å². The first kappa shape index (κ1) is 13.3. The molecule has 1 unspecified atom stereocenters. The van der Waals surface area contributed by atoms with E-state index >= 15 is 0 Å². The summed E-state index contributed by atoms with van der Waals surface area (Å²) in [5, 5.41) is 2.85. The van der Waals surface area contributed by atoms with Crippen molar-refractivity contribution in [3.63, 3.8) is 0 Å². The molecule has 0 aliphatic rings. The molecule has 0 aromatic heterocycles. The van der Waals surface area contributed by atoms with Gasteiger partial charge in [0, 0.05) is 18.2 Å². The molecule has 1 atom stereocenters. The molecule has 3 nitrogen and oxygen atoms in total. The van der Waals surface area contributed by atoms with Crippen molar-refractivity contribution in [2.45, 2.75) is 6.92 Å². The van der Waals surface area contributed by atoms with Crippen LogP contribution in [-0.2, 0) is 4.79 Å². The van der Waals surface area contributed by atoms with E-state index in [1.807, 2.05) is 49.4 Å². The van der Waals surface area contributed by atoms with Crippen LogP contribution < -0.4 is 11.1 Å². The minimum atomic E-state index is -0.172. The van der Waals surface area contributed by atoms with E-state index in [9.17, 15) is 4.79 Å². The Hall–Kier alpha value is -2.13. The van der Waals surface area contributed by atoms with Gasteiger partial charge in [-0.15, -0.1) is 0 Å². The van der Waals surface area contributed by atoms with Crippen molar-refractivity contribution in [2.24, 2.45) is 11.7 Å². The predicted molar refractivity (Wildman–Crippen MR) is 78.7 cm³/mol. The minimum Gasteiger partial charge on any atom is -0.330 e. The number of carbonyl (C=O) groups is 1. The second-order valence-electron chi connectivity index (χ2n) is 4.57. The van der Waals surface area contributed by atoms with E-state index in [2.05, 4.69) is 17.4 Å². The molecule has 0 radical (unpaired) electrons. The maximum atomic E-state index is 11.7. The highest BCUT2D eigenvalue weighted by Crippen LogP contribution is 2.21. The van der Waals surface area contributed by atoms with E-state index in [0.29, 0.717) is 6.54 Å². The number of hydrogen-bond acceptors (Lipinski definition) is 2. The zero-order valence-electron chi connectivity index (χ0n) is 11.0. The van der Waals surface area contributed by atoms with Crippen LogP contribution in [0.4, 0.5) is 5.69 Å². The molecule has 1 amide bonds. The van der Waals surface area contributed by atoms with Gasteiger partial charge < -0.3 is 11.1 Å². The number of hydrogen-bond donors (Lipinski definition) is 2. The average molecular weight is 254 g/mol. The first-order chi connectivity index (χ1) is 9.20. The van der Waals surface area contributed by atoms with E-state index in [1.54, 1.807) is 0 Å². The molecule has 0 spiro atoms.